The number of carbonyl (C=O) groups is 1. The number of furan rings is 1. The van der Waals surface area contributed by atoms with Crippen LogP contribution in [-0.2, 0) is 28.4 Å². The highest BCUT2D eigenvalue weighted by Crippen LogP contribution is 2.31. The number of anilines is 1. The van der Waals surface area contributed by atoms with Crippen molar-refractivity contribution in [2.24, 2.45) is 7.05 Å². The monoisotopic (exact) mass is 487 g/mol. The second kappa shape index (κ2) is 8.97. The van der Waals surface area contributed by atoms with Gasteiger partial charge in [0.15, 0.2) is 0 Å². The molecule has 0 spiro atoms. The summed E-state index contributed by atoms with van der Waals surface area (Å²) in [5, 5.41) is 0.468. The average Bonchev–Trinajstić information content (AvgIpc) is 3.20. The molecule has 0 saturated carbocycles. The maximum Gasteiger partial charge on any atom is 0.261 e. The van der Waals surface area contributed by atoms with Gasteiger partial charge in [-0.3, -0.25) is 14.5 Å². The molecular weight excluding hydrogens is 458 g/mol. The molecule has 0 bridgehead atoms. The highest BCUT2D eigenvalue weighted by atomic mass is 32.2. The molecule has 4 heterocycles. The number of hydrogen-bond acceptors (Lipinski definition) is 7. The van der Waals surface area contributed by atoms with E-state index in [-0.39, 0.29) is 17.5 Å². The fourth-order valence-corrected chi connectivity index (χ4v) is 5.11. The van der Waals surface area contributed by atoms with Crippen molar-refractivity contribution in [1.29, 1.82) is 0 Å². The van der Waals surface area contributed by atoms with Crippen LogP contribution in [-0.4, -0.2) is 72.1 Å². The van der Waals surface area contributed by atoms with Crippen LogP contribution in [0, 0.1) is 0 Å². The van der Waals surface area contributed by atoms with Crippen molar-refractivity contribution in [1.82, 2.24) is 18.8 Å². The molecule has 1 aliphatic rings. The molecular formula is C23H29N5O5S. The van der Waals surface area contributed by atoms with Crippen molar-refractivity contribution < 1.29 is 17.6 Å². The molecule has 1 saturated heterocycles. The van der Waals surface area contributed by atoms with Gasteiger partial charge in [0, 0.05) is 64.7 Å². The van der Waals surface area contributed by atoms with Crippen molar-refractivity contribution in [3.8, 4) is 11.1 Å². The fraction of sp³-hybridized carbons (Fsp3) is 0.435. The van der Waals surface area contributed by atoms with Crippen LogP contribution in [0.3, 0.4) is 0 Å². The molecule has 1 amide bonds. The molecule has 1 fully saturated rings. The zero-order valence-corrected chi connectivity index (χ0v) is 20.8. The minimum Gasteiger partial charge on any atom is -0.459 e. The lowest BCUT2D eigenvalue weighted by Gasteiger charge is -2.38. The van der Waals surface area contributed by atoms with Crippen LogP contribution in [0.1, 0.15) is 19.6 Å². The molecule has 0 N–H and O–H groups in total. The molecule has 11 heteroatoms. The normalized spacial score (nSPS) is 17.9. The van der Waals surface area contributed by atoms with E-state index in [2.05, 4.69) is 9.88 Å². The summed E-state index contributed by atoms with van der Waals surface area (Å²) in [6, 6.07) is 5.37. The number of piperazine rings is 1. The number of amides is 1. The number of hydrogen-bond donors (Lipinski definition) is 0. The number of carbonyl (C=O) groups excluding carboxylic acids is 1. The highest BCUT2D eigenvalue weighted by Gasteiger charge is 2.29. The first-order valence-electron chi connectivity index (χ1n) is 11.0. The summed E-state index contributed by atoms with van der Waals surface area (Å²) in [6.07, 6.45) is 4.57. The average molecular weight is 488 g/mol. The Balaban J connectivity index is 1.69. The van der Waals surface area contributed by atoms with Gasteiger partial charge in [-0.1, -0.05) is 0 Å². The van der Waals surface area contributed by atoms with Gasteiger partial charge in [-0.15, -0.1) is 0 Å². The first-order chi connectivity index (χ1) is 16.0. The van der Waals surface area contributed by atoms with Gasteiger partial charge in [0.1, 0.15) is 17.2 Å². The number of aromatic nitrogens is 2. The van der Waals surface area contributed by atoms with Crippen LogP contribution in [0.15, 0.2) is 39.8 Å². The molecule has 10 nitrogen and oxygen atoms in total. The second-order valence-electron chi connectivity index (χ2n) is 8.84. The van der Waals surface area contributed by atoms with E-state index in [9.17, 15) is 18.0 Å². The molecule has 0 radical (unpaired) electrons. The van der Waals surface area contributed by atoms with Crippen LogP contribution in [0.2, 0.25) is 0 Å². The Morgan fingerprint density at radius 1 is 1.29 bits per heavy atom. The molecule has 1 unspecified atom stereocenters. The van der Waals surface area contributed by atoms with E-state index >= 15 is 0 Å². The molecule has 0 aliphatic carbocycles. The Kier molecular flexibility index (Phi) is 6.36. The quantitative estimate of drug-likeness (QED) is 0.538. The lowest BCUT2D eigenvalue weighted by Crippen LogP contribution is -2.52. The summed E-state index contributed by atoms with van der Waals surface area (Å²) < 4.78 is 33.0. The van der Waals surface area contributed by atoms with Crippen LogP contribution in [0.5, 0.6) is 0 Å². The van der Waals surface area contributed by atoms with Crippen LogP contribution in [0.4, 0.5) is 5.82 Å². The van der Waals surface area contributed by atoms with Gasteiger partial charge >= 0.3 is 0 Å². The maximum absolute atomic E-state index is 12.9. The minimum atomic E-state index is -3.23. The third-order valence-corrected chi connectivity index (χ3v) is 7.60. The van der Waals surface area contributed by atoms with E-state index in [1.165, 1.54) is 27.0 Å². The summed E-state index contributed by atoms with van der Waals surface area (Å²) in [6.45, 7) is 5.31. The third kappa shape index (κ3) is 4.63. The molecule has 4 rings (SSSR count). The molecule has 3 aromatic rings. The molecule has 3 aromatic heterocycles. The summed E-state index contributed by atoms with van der Waals surface area (Å²) in [5.41, 5.74) is 1.80. The van der Waals surface area contributed by atoms with E-state index in [0.29, 0.717) is 48.7 Å². The van der Waals surface area contributed by atoms with Gasteiger partial charge in [0.25, 0.3) is 5.56 Å². The van der Waals surface area contributed by atoms with Gasteiger partial charge < -0.3 is 13.9 Å². The summed E-state index contributed by atoms with van der Waals surface area (Å²) in [5.74, 6) is 0.992. The first kappa shape index (κ1) is 24.1. The van der Waals surface area contributed by atoms with Crippen molar-refractivity contribution in [3.05, 3.63) is 46.7 Å². The van der Waals surface area contributed by atoms with Crippen molar-refractivity contribution in [3.63, 3.8) is 0 Å². The Morgan fingerprint density at radius 3 is 2.68 bits per heavy atom. The zero-order chi connectivity index (χ0) is 24.8. The lowest BCUT2D eigenvalue weighted by molar-refractivity contribution is -0.116. The van der Waals surface area contributed by atoms with Gasteiger partial charge in [-0.05, 0) is 30.7 Å². The highest BCUT2D eigenvalue weighted by molar-refractivity contribution is 7.88. The Labute approximate surface area is 198 Å². The van der Waals surface area contributed by atoms with Crippen LogP contribution in [0.25, 0.3) is 22.1 Å². The number of sulfonamides is 1. The number of rotatable bonds is 5. The topological polar surface area (TPSA) is 109 Å². The number of nitrogens with zero attached hydrogens (tertiary/aromatic N) is 5. The number of pyridine rings is 2. The molecule has 34 heavy (non-hydrogen) atoms. The molecule has 1 aliphatic heterocycles. The second-order valence-corrected chi connectivity index (χ2v) is 10.8. The Hall–Kier alpha value is -3.02. The SMILES string of the molecule is CC(=O)N(C)c1cc(-c2cn(C)c(=O)c3cc(CN4CCN(S(C)(=O)=O)CC4C)oc23)ccn1. The minimum absolute atomic E-state index is 0.00358. The number of fused-ring (bicyclic) bond motifs is 1. The lowest BCUT2D eigenvalue weighted by atomic mass is 10.1. The summed E-state index contributed by atoms with van der Waals surface area (Å²) in [4.78, 5) is 32.5. The van der Waals surface area contributed by atoms with Crippen LogP contribution < -0.4 is 10.5 Å². The summed E-state index contributed by atoms with van der Waals surface area (Å²) >= 11 is 0. The third-order valence-electron chi connectivity index (χ3n) is 6.33. The van der Waals surface area contributed by atoms with Crippen molar-refractivity contribution in [2.75, 3.05) is 37.8 Å². The van der Waals surface area contributed by atoms with E-state index in [0.717, 1.165) is 11.1 Å². The van der Waals surface area contributed by atoms with E-state index in [4.69, 9.17) is 4.42 Å². The Morgan fingerprint density at radius 2 is 2.03 bits per heavy atom. The largest absolute Gasteiger partial charge is 0.459 e. The fourth-order valence-electron chi connectivity index (χ4n) is 4.21. The van der Waals surface area contributed by atoms with Crippen molar-refractivity contribution in [2.45, 2.75) is 26.4 Å². The predicted molar refractivity (Wildman–Crippen MR) is 130 cm³/mol. The standard InChI is InChI=1S/C23H29N5O5S/c1-15-12-28(34(5,31)32)9-8-27(15)13-18-11-19-22(33-18)20(14-25(3)23(19)30)17-6-7-24-21(10-17)26(4)16(2)29/h6-7,10-11,14-15H,8-9,12-13H2,1-5H3. The van der Waals surface area contributed by atoms with Crippen molar-refractivity contribution >= 4 is 32.7 Å². The van der Waals surface area contributed by atoms with Gasteiger partial charge in [-0.25, -0.2) is 13.4 Å². The van der Waals surface area contributed by atoms with E-state index < -0.39 is 10.0 Å². The van der Waals surface area contributed by atoms with E-state index in [1.54, 1.807) is 38.6 Å². The molecule has 1 atom stereocenters. The van der Waals surface area contributed by atoms with Gasteiger partial charge in [-0.2, -0.15) is 4.31 Å². The molecule has 182 valence electrons. The number of aryl methyl sites for hydroxylation is 1. The van der Waals surface area contributed by atoms with Gasteiger partial charge in [0.05, 0.1) is 18.2 Å². The van der Waals surface area contributed by atoms with Crippen LogP contribution >= 0.6 is 0 Å². The maximum atomic E-state index is 12.9. The van der Waals surface area contributed by atoms with E-state index in [1.807, 2.05) is 13.0 Å². The smallest absolute Gasteiger partial charge is 0.261 e. The Bertz CT molecular complexity index is 1410. The first-order valence-corrected chi connectivity index (χ1v) is 12.8. The predicted octanol–water partition coefficient (Wildman–Crippen LogP) is 1.64. The van der Waals surface area contributed by atoms with Gasteiger partial charge in [0.2, 0.25) is 15.9 Å². The molecule has 0 aromatic carbocycles. The summed E-state index contributed by atoms with van der Waals surface area (Å²) in [7, 11) is 0.114. The zero-order valence-electron chi connectivity index (χ0n) is 20.0.